The van der Waals surface area contributed by atoms with E-state index >= 15 is 0 Å². The highest BCUT2D eigenvalue weighted by Gasteiger charge is 2.21. The molecule has 1 aliphatic rings. The summed E-state index contributed by atoms with van der Waals surface area (Å²) in [6.07, 6.45) is 8.83. The van der Waals surface area contributed by atoms with Crippen LogP contribution in [0.1, 0.15) is 31.5 Å². The molecule has 1 aromatic rings. The largest absolute Gasteiger partial charge is 0.379 e. The third-order valence-electron chi connectivity index (χ3n) is 4.23. The lowest BCUT2D eigenvalue weighted by molar-refractivity contribution is 0.115. The molecule has 1 aliphatic carbocycles. The van der Waals surface area contributed by atoms with Crippen LogP contribution >= 0.6 is 24.0 Å². The summed E-state index contributed by atoms with van der Waals surface area (Å²) >= 11 is 0. The van der Waals surface area contributed by atoms with Gasteiger partial charge in [-0.25, -0.2) is 4.98 Å². The minimum atomic E-state index is 0. The standard InChI is InChI=1S/C17H31N5O.HI/c1-15-19-9-11-22(15)10-5-4-8-20-17(18-2)21(3)12-13-23-14-16-6-7-16;/h9,11,16H,4-8,10,12-14H2,1-3H3,(H,18,20);1H. The summed E-state index contributed by atoms with van der Waals surface area (Å²) in [7, 11) is 3.89. The zero-order chi connectivity index (χ0) is 16.5. The number of hydrogen-bond donors (Lipinski definition) is 1. The molecule has 1 N–H and O–H groups in total. The Hall–Kier alpha value is -0.830. The number of hydrogen-bond acceptors (Lipinski definition) is 3. The minimum Gasteiger partial charge on any atom is -0.379 e. The molecule has 0 atom stereocenters. The van der Waals surface area contributed by atoms with Crippen molar-refractivity contribution >= 4 is 29.9 Å². The van der Waals surface area contributed by atoms with E-state index in [0.29, 0.717) is 0 Å². The quantitative estimate of drug-likeness (QED) is 0.258. The number of ether oxygens (including phenoxy) is 1. The summed E-state index contributed by atoms with van der Waals surface area (Å²) in [5.41, 5.74) is 0. The summed E-state index contributed by atoms with van der Waals surface area (Å²) in [6.45, 7) is 6.58. The second-order valence-corrected chi connectivity index (χ2v) is 6.29. The average Bonchev–Trinajstić information content (AvgIpc) is 3.29. The molecule has 0 amide bonds. The Bertz CT molecular complexity index is 487. The molecule has 2 rings (SSSR count). The van der Waals surface area contributed by atoms with E-state index in [2.05, 4.69) is 31.8 Å². The summed E-state index contributed by atoms with van der Waals surface area (Å²) in [4.78, 5) is 10.7. The number of halogens is 1. The van der Waals surface area contributed by atoms with Crippen LogP contribution in [-0.2, 0) is 11.3 Å². The van der Waals surface area contributed by atoms with Gasteiger partial charge < -0.3 is 19.5 Å². The van der Waals surface area contributed by atoms with Crippen molar-refractivity contribution < 1.29 is 4.74 Å². The fourth-order valence-corrected chi connectivity index (χ4v) is 2.47. The van der Waals surface area contributed by atoms with Gasteiger partial charge in [-0.1, -0.05) is 0 Å². The Kier molecular flexibility index (Phi) is 10.3. The molecule has 6 nitrogen and oxygen atoms in total. The minimum absolute atomic E-state index is 0. The molecule has 7 heteroatoms. The number of guanidine groups is 1. The average molecular weight is 449 g/mol. The Morgan fingerprint density at radius 3 is 2.88 bits per heavy atom. The van der Waals surface area contributed by atoms with Crippen molar-refractivity contribution in [3.63, 3.8) is 0 Å². The molecular formula is C17H32IN5O. The predicted molar refractivity (Wildman–Crippen MR) is 109 cm³/mol. The molecule has 1 heterocycles. The maximum atomic E-state index is 5.69. The van der Waals surface area contributed by atoms with Crippen LogP contribution in [0.3, 0.4) is 0 Å². The van der Waals surface area contributed by atoms with E-state index in [-0.39, 0.29) is 24.0 Å². The van der Waals surface area contributed by atoms with Crippen LogP contribution in [0.2, 0.25) is 0 Å². The first kappa shape index (κ1) is 21.2. The van der Waals surface area contributed by atoms with Gasteiger partial charge >= 0.3 is 0 Å². The number of aromatic nitrogens is 2. The Labute approximate surface area is 163 Å². The normalized spacial score (nSPS) is 14.4. The highest BCUT2D eigenvalue weighted by atomic mass is 127. The summed E-state index contributed by atoms with van der Waals surface area (Å²) < 4.78 is 7.88. The summed E-state index contributed by atoms with van der Waals surface area (Å²) in [5.74, 6) is 2.86. The molecule has 0 bridgehead atoms. The fourth-order valence-electron chi connectivity index (χ4n) is 2.47. The number of imidazole rings is 1. The topological polar surface area (TPSA) is 54.7 Å². The molecule has 0 spiro atoms. The van der Waals surface area contributed by atoms with Crippen molar-refractivity contribution in [1.82, 2.24) is 19.8 Å². The van der Waals surface area contributed by atoms with Gasteiger partial charge in [-0.2, -0.15) is 0 Å². The summed E-state index contributed by atoms with van der Waals surface area (Å²) in [5, 5.41) is 3.42. The first-order chi connectivity index (χ1) is 11.2. The lowest BCUT2D eigenvalue weighted by Crippen LogP contribution is -2.41. The van der Waals surface area contributed by atoms with Gasteiger partial charge in [0.15, 0.2) is 5.96 Å². The van der Waals surface area contributed by atoms with Crippen LogP contribution in [-0.4, -0.2) is 60.8 Å². The number of aryl methyl sites for hydroxylation is 2. The van der Waals surface area contributed by atoms with E-state index in [1.165, 1.54) is 12.8 Å². The third kappa shape index (κ3) is 7.83. The molecule has 0 unspecified atom stereocenters. The first-order valence-electron chi connectivity index (χ1n) is 8.68. The number of nitrogens with zero attached hydrogens (tertiary/aromatic N) is 4. The van der Waals surface area contributed by atoms with Crippen molar-refractivity contribution in [2.24, 2.45) is 10.9 Å². The zero-order valence-electron chi connectivity index (χ0n) is 15.2. The number of nitrogens with one attached hydrogen (secondary N) is 1. The Morgan fingerprint density at radius 1 is 1.46 bits per heavy atom. The van der Waals surface area contributed by atoms with E-state index in [1.807, 2.05) is 26.4 Å². The van der Waals surface area contributed by atoms with Crippen molar-refractivity contribution in [2.75, 3.05) is 40.4 Å². The van der Waals surface area contributed by atoms with Crippen LogP contribution in [0.5, 0.6) is 0 Å². The predicted octanol–water partition coefficient (Wildman–Crippen LogP) is 2.52. The van der Waals surface area contributed by atoms with Crippen LogP contribution in [0, 0.1) is 12.8 Å². The molecule has 0 aromatic carbocycles. The first-order valence-corrected chi connectivity index (χ1v) is 8.68. The van der Waals surface area contributed by atoms with Crippen LogP contribution in [0.15, 0.2) is 17.4 Å². The monoisotopic (exact) mass is 449 g/mol. The zero-order valence-corrected chi connectivity index (χ0v) is 17.5. The van der Waals surface area contributed by atoms with Crippen molar-refractivity contribution in [2.45, 2.75) is 39.2 Å². The van der Waals surface area contributed by atoms with Gasteiger partial charge in [0.2, 0.25) is 0 Å². The molecule has 138 valence electrons. The maximum Gasteiger partial charge on any atom is 0.193 e. The smallest absolute Gasteiger partial charge is 0.193 e. The Balaban J connectivity index is 0.00000288. The van der Waals surface area contributed by atoms with Gasteiger partial charge in [-0.05, 0) is 38.5 Å². The van der Waals surface area contributed by atoms with Crippen LogP contribution in [0.25, 0.3) is 0 Å². The molecule has 0 radical (unpaired) electrons. The van der Waals surface area contributed by atoms with Crippen molar-refractivity contribution in [1.29, 1.82) is 0 Å². The second kappa shape index (κ2) is 11.7. The summed E-state index contributed by atoms with van der Waals surface area (Å²) in [6, 6.07) is 0. The van der Waals surface area contributed by atoms with Crippen LogP contribution < -0.4 is 5.32 Å². The van der Waals surface area contributed by atoms with E-state index in [9.17, 15) is 0 Å². The van der Waals surface area contributed by atoms with E-state index in [4.69, 9.17) is 4.74 Å². The van der Waals surface area contributed by atoms with Gasteiger partial charge in [-0.15, -0.1) is 24.0 Å². The fraction of sp³-hybridized carbons (Fsp3) is 0.765. The second-order valence-electron chi connectivity index (χ2n) is 6.29. The lowest BCUT2D eigenvalue weighted by atomic mass is 10.3. The van der Waals surface area contributed by atoms with Gasteiger partial charge in [0, 0.05) is 52.7 Å². The van der Waals surface area contributed by atoms with E-state index in [0.717, 1.165) is 63.4 Å². The molecular weight excluding hydrogens is 417 g/mol. The molecule has 0 aliphatic heterocycles. The molecule has 1 fully saturated rings. The van der Waals surface area contributed by atoms with Crippen molar-refractivity contribution in [3.05, 3.63) is 18.2 Å². The molecule has 24 heavy (non-hydrogen) atoms. The SMILES string of the molecule is CN=C(NCCCCn1ccnc1C)N(C)CCOCC1CC1.I. The lowest BCUT2D eigenvalue weighted by Gasteiger charge is -2.22. The maximum absolute atomic E-state index is 5.69. The molecule has 1 saturated carbocycles. The highest BCUT2D eigenvalue weighted by Crippen LogP contribution is 2.28. The number of aliphatic imine (C=N–C) groups is 1. The number of unbranched alkanes of at least 4 members (excludes halogenated alkanes) is 1. The van der Waals surface area contributed by atoms with Gasteiger partial charge in [0.05, 0.1) is 6.61 Å². The third-order valence-corrected chi connectivity index (χ3v) is 4.23. The van der Waals surface area contributed by atoms with Gasteiger partial charge in [-0.3, -0.25) is 4.99 Å². The van der Waals surface area contributed by atoms with Gasteiger partial charge in [0.1, 0.15) is 5.82 Å². The number of likely N-dealkylation sites (N-methyl/N-ethyl adjacent to an activating group) is 1. The van der Waals surface area contributed by atoms with Gasteiger partial charge in [0.25, 0.3) is 0 Å². The Morgan fingerprint density at radius 2 is 2.25 bits per heavy atom. The van der Waals surface area contributed by atoms with E-state index in [1.54, 1.807) is 0 Å². The van der Waals surface area contributed by atoms with E-state index < -0.39 is 0 Å². The van der Waals surface area contributed by atoms with Crippen molar-refractivity contribution in [3.8, 4) is 0 Å². The number of rotatable bonds is 10. The molecule has 1 aromatic heterocycles. The highest BCUT2D eigenvalue weighted by molar-refractivity contribution is 14.0. The van der Waals surface area contributed by atoms with Crippen LogP contribution in [0.4, 0.5) is 0 Å². The molecule has 0 saturated heterocycles.